The van der Waals surface area contributed by atoms with Crippen molar-refractivity contribution in [1.29, 1.82) is 0 Å². The van der Waals surface area contributed by atoms with Gasteiger partial charge in [0.2, 0.25) is 0 Å². The Hall–Kier alpha value is -0.0800. The van der Waals surface area contributed by atoms with Crippen molar-refractivity contribution in [3.05, 3.63) is 0 Å². The fraction of sp³-hybridized carbons (Fsp3) is 1.00. The quantitative estimate of drug-likeness (QED) is 0.609. The van der Waals surface area contributed by atoms with Crippen LogP contribution < -0.4 is 5.32 Å². The lowest BCUT2D eigenvalue weighted by molar-refractivity contribution is 0.177. The highest BCUT2D eigenvalue weighted by atomic mass is 16.5. The number of hydrogen-bond donors (Lipinski definition) is 1. The van der Waals surface area contributed by atoms with Gasteiger partial charge in [0.15, 0.2) is 0 Å². The summed E-state index contributed by atoms with van der Waals surface area (Å²) < 4.78 is 5.00. The van der Waals surface area contributed by atoms with Gasteiger partial charge in [0.25, 0.3) is 0 Å². The second-order valence-electron chi connectivity index (χ2n) is 3.46. The molecule has 0 spiro atoms. The van der Waals surface area contributed by atoms with Crippen LogP contribution in [0.4, 0.5) is 0 Å². The summed E-state index contributed by atoms with van der Waals surface area (Å²) in [6.07, 6.45) is 3.87. The number of nitrogens with one attached hydrogen (secondary N) is 1. The molecule has 1 saturated heterocycles. The highest BCUT2D eigenvalue weighted by Gasteiger charge is 2.22. The van der Waals surface area contributed by atoms with Gasteiger partial charge in [-0.05, 0) is 31.7 Å². The van der Waals surface area contributed by atoms with Crippen molar-refractivity contribution < 1.29 is 4.74 Å². The van der Waals surface area contributed by atoms with E-state index in [4.69, 9.17) is 4.74 Å². The summed E-state index contributed by atoms with van der Waals surface area (Å²) in [5.41, 5.74) is 0. The number of methoxy groups -OCH3 is 1. The topological polar surface area (TPSA) is 21.3 Å². The minimum absolute atomic E-state index is 0.798. The summed E-state index contributed by atoms with van der Waals surface area (Å²) in [5, 5.41) is 3.43. The summed E-state index contributed by atoms with van der Waals surface area (Å²) in [7, 11) is 1.77. The molecule has 1 N–H and O–H groups in total. The Balaban J connectivity index is 1.96. The number of hydrogen-bond acceptors (Lipinski definition) is 2. The molecular weight excluding hydrogens is 138 g/mol. The second kappa shape index (κ2) is 4.73. The Kier molecular flexibility index (Phi) is 3.87. The van der Waals surface area contributed by atoms with E-state index in [1.165, 1.54) is 25.8 Å². The second-order valence-corrected chi connectivity index (χ2v) is 3.46. The van der Waals surface area contributed by atoms with Crippen molar-refractivity contribution in [3.63, 3.8) is 0 Å². The zero-order valence-corrected chi connectivity index (χ0v) is 7.60. The first-order chi connectivity index (χ1) is 5.34. The molecule has 1 aliphatic heterocycles. The first kappa shape index (κ1) is 9.01. The molecule has 0 saturated carbocycles. The van der Waals surface area contributed by atoms with E-state index >= 15 is 0 Å². The lowest BCUT2D eigenvalue weighted by Gasteiger charge is -2.33. The van der Waals surface area contributed by atoms with Crippen molar-refractivity contribution >= 4 is 0 Å². The fourth-order valence-corrected chi connectivity index (χ4v) is 1.55. The van der Waals surface area contributed by atoms with Crippen LogP contribution in [0, 0.1) is 5.92 Å². The summed E-state index contributed by atoms with van der Waals surface area (Å²) in [5.74, 6) is 0.832. The minimum Gasteiger partial charge on any atom is -0.385 e. The lowest BCUT2D eigenvalue weighted by Crippen LogP contribution is -2.47. The average molecular weight is 157 g/mol. The third-order valence-electron chi connectivity index (χ3n) is 2.56. The average Bonchev–Trinajstić information content (AvgIpc) is 1.84. The molecule has 1 fully saturated rings. The molecule has 0 bridgehead atoms. The van der Waals surface area contributed by atoms with Crippen LogP contribution in [0.5, 0.6) is 0 Å². The molecule has 2 atom stereocenters. The molecule has 0 aromatic rings. The fourth-order valence-electron chi connectivity index (χ4n) is 1.55. The lowest BCUT2D eigenvalue weighted by atomic mass is 9.90. The molecule has 2 nitrogen and oxygen atoms in total. The highest BCUT2D eigenvalue weighted by Crippen LogP contribution is 2.17. The van der Waals surface area contributed by atoms with Gasteiger partial charge in [0.1, 0.15) is 0 Å². The molecule has 2 heteroatoms. The van der Waals surface area contributed by atoms with Crippen LogP contribution in [0.15, 0.2) is 0 Å². The normalized spacial score (nSPS) is 26.2. The van der Waals surface area contributed by atoms with E-state index < -0.39 is 0 Å². The van der Waals surface area contributed by atoms with Crippen LogP contribution in [-0.2, 0) is 4.74 Å². The van der Waals surface area contributed by atoms with E-state index in [-0.39, 0.29) is 0 Å². The van der Waals surface area contributed by atoms with Crippen LogP contribution >= 0.6 is 0 Å². The highest BCUT2D eigenvalue weighted by molar-refractivity contribution is 4.81. The Morgan fingerprint density at radius 3 is 2.82 bits per heavy atom. The molecule has 0 aliphatic carbocycles. The zero-order chi connectivity index (χ0) is 8.10. The van der Waals surface area contributed by atoms with E-state index in [1.54, 1.807) is 7.11 Å². The van der Waals surface area contributed by atoms with Crippen LogP contribution in [-0.4, -0.2) is 26.3 Å². The standard InChI is InChI=1S/C9H19NO/c1-8(4-3-7-11-2)9-5-6-10-9/h8-10H,3-7H2,1-2H3. The predicted octanol–water partition coefficient (Wildman–Crippen LogP) is 1.41. The molecule has 1 rings (SSSR count). The third kappa shape index (κ3) is 2.80. The van der Waals surface area contributed by atoms with Crippen LogP contribution in [0.2, 0.25) is 0 Å². The van der Waals surface area contributed by atoms with Gasteiger partial charge in [-0.2, -0.15) is 0 Å². The molecule has 0 amide bonds. The molecular formula is C9H19NO. The monoisotopic (exact) mass is 157 g/mol. The van der Waals surface area contributed by atoms with Gasteiger partial charge < -0.3 is 10.1 Å². The Labute approximate surface area is 69.3 Å². The van der Waals surface area contributed by atoms with Gasteiger partial charge in [0.05, 0.1) is 0 Å². The van der Waals surface area contributed by atoms with E-state index in [1.807, 2.05) is 0 Å². The SMILES string of the molecule is COCCCC(C)C1CCN1. The zero-order valence-electron chi connectivity index (χ0n) is 7.60. The Bertz CT molecular complexity index is 102. The van der Waals surface area contributed by atoms with E-state index in [0.29, 0.717) is 0 Å². The minimum atomic E-state index is 0.798. The first-order valence-electron chi connectivity index (χ1n) is 4.57. The van der Waals surface area contributed by atoms with Crippen molar-refractivity contribution in [1.82, 2.24) is 5.32 Å². The largest absolute Gasteiger partial charge is 0.385 e. The Morgan fingerprint density at radius 1 is 1.64 bits per heavy atom. The van der Waals surface area contributed by atoms with Crippen LogP contribution in [0.25, 0.3) is 0 Å². The van der Waals surface area contributed by atoms with Crippen molar-refractivity contribution in [2.75, 3.05) is 20.3 Å². The molecule has 2 unspecified atom stereocenters. The van der Waals surface area contributed by atoms with Gasteiger partial charge in [-0.1, -0.05) is 6.92 Å². The molecule has 1 heterocycles. The molecule has 0 aromatic heterocycles. The van der Waals surface area contributed by atoms with Gasteiger partial charge in [-0.15, -0.1) is 0 Å². The number of ether oxygens (including phenoxy) is 1. The maximum absolute atomic E-state index is 5.00. The third-order valence-corrected chi connectivity index (χ3v) is 2.56. The summed E-state index contributed by atoms with van der Waals surface area (Å²) >= 11 is 0. The van der Waals surface area contributed by atoms with E-state index in [0.717, 1.165) is 18.6 Å². The van der Waals surface area contributed by atoms with Gasteiger partial charge in [0, 0.05) is 19.8 Å². The smallest absolute Gasteiger partial charge is 0.0462 e. The van der Waals surface area contributed by atoms with Crippen molar-refractivity contribution in [3.8, 4) is 0 Å². The maximum atomic E-state index is 5.00. The summed E-state index contributed by atoms with van der Waals surface area (Å²) in [4.78, 5) is 0. The molecule has 66 valence electrons. The van der Waals surface area contributed by atoms with Gasteiger partial charge in [-0.3, -0.25) is 0 Å². The predicted molar refractivity (Wildman–Crippen MR) is 46.7 cm³/mol. The molecule has 0 radical (unpaired) electrons. The van der Waals surface area contributed by atoms with Gasteiger partial charge in [-0.25, -0.2) is 0 Å². The van der Waals surface area contributed by atoms with Crippen molar-refractivity contribution in [2.24, 2.45) is 5.92 Å². The summed E-state index contributed by atoms with van der Waals surface area (Å²) in [6, 6.07) is 0.798. The molecule has 0 aromatic carbocycles. The Morgan fingerprint density at radius 2 is 2.36 bits per heavy atom. The molecule has 1 aliphatic rings. The van der Waals surface area contributed by atoms with Crippen LogP contribution in [0.3, 0.4) is 0 Å². The first-order valence-corrected chi connectivity index (χ1v) is 4.57. The van der Waals surface area contributed by atoms with Crippen molar-refractivity contribution in [2.45, 2.75) is 32.2 Å². The molecule has 11 heavy (non-hydrogen) atoms. The maximum Gasteiger partial charge on any atom is 0.0462 e. The van der Waals surface area contributed by atoms with Gasteiger partial charge >= 0.3 is 0 Å². The number of rotatable bonds is 5. The van der Waals surface area contributed by atoms with E-state index in [9.17, 15) is 0 Å². The summed E-state index contributed by atoms with van der Waals surface area (Å²) in [6.45, 7) is 4.46. The van der Waals surface area contributed by atoms with E-state index in [2.05, 4.69) is 12.2 Å². The van der Waals surface area contributed by atoms with Crippen LogP contribution in [0.1, 0.15) is 26.2 Å².